The van der Waals surface area contributed by atoms with Crippen molar-refractivity contribution in [1.82, 2.24) is 9.13 Å². The van der Waals surface area contributed by atoms with Gasteiger partial charge in [0, 0.05) is 83.4 Å². The highest BCUT2D eigenvalue weighted by Crippen LogP contribution is 2.57. The van der Waals surface area contributed by atoms with Gasteiger partial charge in [0.15, 0.2) is 0 Å². The Morgan fingerprint density at radius 2 is 0.473 bits per heavy atom. The van der Waals surface area contributed by atoms with E-state index >= 15 is 0 Å². The van der Waals surface area contributed by atoms with Crippen molar-refractivity contribution in [2.75, 3.05) is 9.80 Å². The lowest BCUT2D eigenvalue weighted by Crippen LogP contribution is -2.61. The van der Waals surface area contributed by atoms with Crippen LogP contribution in [0.3, 0.4) is 0 Å². The van der Waals surface area contributed by atoms with Crippen molar-refractivity contribution >= 4 is 101 Å². The lowest BCUT2D eigenvalue weighted by molar-refractivity contribution is 0.411. The molecule has 129 heavy (non-hydrogen) atoms. The second-order valence-corrected chi connectivity index (χ2v) is 49.3. The standard InChI is InChI=1S/C124H143BN4/c1-114(2,3)74-76-58-93(78-38-34-42-82(62-78)116(7,8)9)112(94(59-76)79-39-35-43-83(63-79)117(10,11)12)128-107-72-91(126-103-54-46-86(120(19,20)21)66-97(103)98-67-87(121(22,23)24)47-55-104(98)126)50-52-101(107)125-102-53-51-92(127-105-56-48-88(122(25,26)27)68-99(105)100-69-89(123(28,29)30)49-57-106(100)127)73-108(102)129(110-71-90(124(31,32)33)70-109(128)111(110)125)113-95(80-40-36-44-84(64-80)118(13,14)15)60-77(75-115(4,5)6)61-96(113)81-41-37-45-85(65-81)119(16,17)18/h34-73H,74-75H2,1-33H3/i74D2,75D2. The number of benzene rings is 13. The van der Waals surface area contributed by atoms with Gasteiger partial charge in [0.05, 0.1) is 33.4 Å². The number of hydrogen-bond donors (Lipinski definition) is 0. The molecule has 0 spiro atoms. The van der Waals surface area contributed by atoms with Gasteiger partial charge in [-0.05, 0) is 281 Å². The lowest BCUT2D eigenvalue weighted by Gasteiger charge is -2.46. The van der Waals surface area contributed by atoms with Gasteiger partial charge in [0.2, 0.25) is 0 Å². The van der Waals surface area contributed by atoms with Crippen LogP contribution in [0.5, 0.6) is 0 Å². The zero-order chi connectivity index (χ0) is 96.6. The minimum atomic E-state index is -1.85. The molecule has 0 unspecified atom stereocenters. The van der Waals surface area contributed by atoms with Crippen LogP contribution in [0, 0.1) is 10.8 Å². The number of anilines is 6. The predicted octanol–water partition coefficient (Wildman–Crippen LogP) is 33.5. The zero-order valence-corrected chi connectivity index (χ0v) is 84.0. The van der Waals surface area contributed by atoms with E-state index in [1.165, 1.54) is 66.1 Å². The third-order valence-electron chi connectivity index (χ3n) is 27.3. The molecule has 0 N–H and O–H groups in total. The Morgan fingerprint density at radius 1 is 0.233 bits per heavy atom. The van der Waals surface area contributed by atoms with Crippen molar-refractivity contribution in [1.29, 1.82) is 0 Å². The molecule has 0 atom stereocenters. The average molecular weight is 1700 g/mol. The molecule has 2 aliphatic rings. The van der Waals surface area contributed by atoms with E-state index in [9.17, 15) is 5.48 Å². The number of rotatable bonds is 10. The van der Waals surface area contributed by atoms with E-state index in [0.717, 1.165) is 134 Å². The summed E-state index contributed by atoms with van der Waals surface area (Å²) in [6.07, 6.45) is -3.69. The van der Waals surface area contributed by atoms with Crippen LogP contribution in [0.2, 0.25) is 0 Å². The first kappa shape index (κ1) is 84.9. The van der Waals surface area contributed by atoms with Gasteiger partial charge in [-0.3, -0.25) is 0 Å². The van der Waals surface area contributed by atoms with Gasteiger partial charge < -0.3 is 18.9 Å². The van der Waals surface area contributed by atoms with Gasteiger partial charge in [-0.25, -0.2) is 0 Å². The quantitative estimate of drug-likeness (QED) is 0.127. The first-order valence-electron chi connectivity index (χ1n) is 49.5. The smallest absolute Gasteiger partial charge is 0.252 e. The van der Waals surface area contributed by atoms with Crippen LogP contribution < -0.4 is 26.2 Å². The van der Waals surface area contributed by atoms with Gasteiger partial charge >= 0.3 is 0 Å². The highest BCUT2D eigenvalue weighted by molar-refractivity contribution is 7.00. The average Bonchev–Trinajstić information content (AvgIpc) is 1.67. The van der Waals surface area contributed by atoms with Crippen LogP contribution in [-0.2, 0) is 61.5 Å². The lowest BCUT2D eigenvalue weighted by atomic mass is 9.33. The highest BCUT2D eigenvalue weighted by atomic mass is 15.2. The van der Waals surface area contributed by atoms with Gasteiger partial charge in [-0.2, -0.15) is 0 Å². The fraction of sp³-hybridized carbons (Fsp3) is 0.371. The highest BCUT2D eigenvalue weighted by Gasteiger charge is 2.47. The summed E-state index contributed by atoms with van der Waals surface area (Å²) in [5.74, 6) is 0. The molecule has 0 saturated heterocycles. The molecule has 0 saturated carbocycles. The summed E-state index contributed by atoms with van der Waals surface area (Å²) < 4.78 is 47.9. The first-order chi connectivity index (χ1) is 61.4. The molecule has 0 radical (unpaired) electrons. The summed E-state index contributed by atoms with van der Waals surface area (Å²) >= 11 is 0. The molecule has 13 aromatic carbocycles. The van der Waals surface area contributed by atoms with E-state index in [1.54, 1.807) is 0 Å². The SMILES string of the molecule is [2H]C([2H])(c1cc(-c2cccc(C(C)(C)C)c2)c(N2c3cc(-n4c5ccc(C(C)(C)C)cc5c5cc(C(C)(C)C)ccc54)ccc3B3c4ccc(-n5c6ccc(C(C)(C)C)cc6c6cc(C(C)(C)C)ccc65)cc4N(c4c(-c5cccc(C(C)(C)C)c5)cc(C([2H])([2H])C(C)(C)C)cc4-c4cccc(C(C)(C)C)c4)c4cc(C(C)(C)C)cc2c43)c(-c2cccc(C(C)(C)C)c2)c1)C(C)(C)C. The van der Waals surface area contributed by atoms with Gasteiger partial charge in [-0.1, -0.05) is 362 Å². The number of aromatic nitrogens is 2. The van der Waals surface area contributed by atoms with Crippen LogP contribution >= 0.6 is 0 Å². The fourth-order valence-corrected chi connectivity index (χ4v) is 19.9. The van der Waals surface area contributed by atoms with Gasteiger partial charge in [0.1, 0.15) is 0 Å². The molecule has 4 heterocycles. The minimum Gasteiger partial charge on any atom is -0.310 e. The Labute approximate surface area is 780 Å². The summed E-state index contributed by atoms with van der Waals surface area (Å²) in [5, 5.41) is 4.83. The molecule has 15 aromatic rings. The Balaban J connectivity index is 1.13. The topological polar surface area (TPSA) is 16.3 Å². The van der Waals surface area contributed by atoms with Crippen molar-refractivity contribution in [3.05, 3.63) is 304 Å². The maximum absolute atomic E-state index is 10.7. The molecule has 2 aromatic heterocycles. The van der Waals surface area contributed by atoms with Crippen LogP contribution in [-0.4, -0.2) is 15.8 Å². The Morgan fingerprint density at radius 3 is 0.705 bits per heavy atom. The second-order valence-electron chi connectivity index (χ2n) is 49.3. The van der Waals surface area contributed by atoms with Crippen molar-refractivity contribution in [3.63, 3.8) is 0 Å². The first-order valence-corrected chi connectivity index (χ1v) is 47.5. The molecule has 2 aliphatic heterocycles. The molecule has 0 fully saturated rings. The second kappa shape index (κ2) is 30.9. The van der Waals surface area contributed by atoms with E-state index in [-0.39, 0.29) is 43.3 Å². The van der Waals surface area contributed by atoms with Crippen molar-refractivity contribution in [2.24, 2.45) is 10.8 Å². The summed E-state index contributed by atoms with van der Waals surface area (Å²) in [5.41, 5.74) is 31.8. The van der Waals surface area contributed by atoms with Crippen LogP contribution in [0.4, 0.5) is 34.1 Å². The van der Waals surface area contributed by atoms with Crippen LogP contribution in [0.1, 0.15) is 295 Å². The van der Waals surface area contributed by atoms with Gasteiger partial charge in [0.25, 0.3) is 6.71 Å². The summed E-state index contributed by atoms with van der Waals surface area (Å²) in [4.78, 5) is 5.36. The van der Waals surface area contributed by atoms with E-state index < -0.39 is 35.7 Å². The van der Waals surface area contributed by atoms with Crippen LogP contribution in [0.25, 0.3) is 99.5 Å². The van der Waals surface area contributed by atoms with Crippen LogP contribution in [0.15, 0.2) is 243 Å². The largest absolute Gasteiger partial charge is 0.310 e. The number of fused-ring (bicyclic) bond motifs is 10. The number of hydrogen-bond acceptors (Lipinski definition) is 2. The molecule has 17 rings (SSSR count). The third kappa shape index (κ3) is 16.9. The molecular formula is C124H143BN4. The zero-order valence-electron chi connectivity index (χ0n) is 88.0. The number of nitrogens with zero attached hydrogens (tertiary/aromatic N) is 4. The molecule has 662 valence electrons. The Hall–Kier alpha value is -10.9. The van der Waals surface area contributed by atoms with Crippen molar-refractivity contribution in [3.8, 4) is 55.9 Å². The molecule has 0 amide bonds. The molecule has 4 nitrogen and oxygen atoms in total. The molecule has 5 heteroatoms. The maximum atomic E-state index is 10.7. The van der Waals surface area contributed by atoms with E-state index in [2.05, 4.69) is 449 Å². The molecule has 0 aliphatic carbocycles. The summed E-state index contributed by atoms with van der Waals surface area (Å²) in [6.45, 7) is 74.5. The normalized spacial score (nSPS) is 14.6. The Kier molecular flexibility index (Phi) is 20.3. The third-order valence-corrected chi connectivity index (χ3v) is 27.3. The molecular weight excluding hydrogens is 1560 g/mol. The predicted molar refractivity (Wildman–Crippen MR) is 566 cm³/mol. The van der Waals surface area contributed by atoms with Crippen molar-refractivity contribution in [2.45, 2.75) is 290 Å². The Bertz CT molecular complexity index is 6500. The summed E-state index contributed by atoms with van der Waals surface area (Å²) in [7, 11) is 0. The van der Waals surface area contributed by atoms with E-state index in [4.69, 9.17) is 0 Å². The monoisotopic (exact) mass is 1700 g/mol. The van der Waals surface area contributed by atoms with E-state index in [1.807, 2.05) is 41.5 Å². The maximum Gasteiger partial charge on any atom is 0.252 e. The fourth-order valence-electron chi connectivity index (χ4n) is 19.9. The van der Waals surface area contributed by atoms with Gasteiger partial charge in [-0.15, -0.1) is 0 Å². The van der Waals surface area contributed by atoms with Crippen molar-refractivity contribution < 1.29 is 5.48 Å². The molecule has 0 bridgehead atoms. The van der Waals surface area contributed by atoms with E-state index in [0.29, 0.717) is 11.1 Å². The summed E-state index contributed by atoms with van der Waals surface area (Å²) in [6, 6.07) is 94.3. The minimum absolute atomic E-state index is 0.128.